The van der Waals surface area contributed by atoms with Crippen molar-refractivity contribution in [3.8, 4) is 0 Å². The van der Waals surface area contributed by atoms with Crippen LogP contribution in [0.25, 0.3) is 0 Å². The van der Waals surface area contributed by atoms with Crippen LogP contribution in [0.15, 0.2) is 35.8 Å². The summed E-state index contributed by atoms with van der Waals surface area (Å²) >= 11 is 0. The van der Waals surface area contributed by atoms with E-state index in [9.17, 15) is 4.79 Å². The summed E-state index contributed by atoms with van der Waals surface area (Å²) in [6, 6.07) is 0. The van der Waals surface area contributed by atoms with Crippen molar-refractivity contribution in [2.24, 2.45) is 0 Å². The maximum atomic E-state index is 11.3. The van der Waals surface area contributed by atoms with Crippen molar-refractivity contribution in [1.29, 1.82) is 0 Å². The zero-order chi connectivity index (χ0) is 8.39. The van der Waals surface area contributed by atoms with E-state index in [0.717, 1.165) is 18.4 Å². The highest BCUT2D eigenvalue weighted by Crippen LogP contribution is 2.21. The fourth-order valence-corrected chi connectivity index (χ4v) is 1.29. The molecule has 0 aromatic carbocycles. The Bertz CT molecular complexity index is 300. The molecule has 0 saturated heterocycles. The molecule has 2 aliphatic rings. The zero-order valence-corrected chi connectivity index (χ0v) is 6.54. The highest BCUT2D eigenvalue weighted by atomic mass is 16.6. The molecule has 0 spiro atoms. The molecular formula is C9H9NO2. The lowest BCUT2D eigenvalue weighted by molar-refractivity contribution is -0.111. The standard InChI is InChI=1S/C9H9NO2/c11-8-5-6-10-12-9-4-2-1-3-7(8)9/h2,4-6,10H,1,3H2. The van der Waals surface area contributed by atoms with Gasteiger partial charge >= 0.3 is 0 Å². The summed E-state index contributed by atoms with van der Waals surface area (Å²) in [5, 5.41) is 0. The predicted octanol–water partition coefficient (Wildman–Crippen LogP) is 1.21. The summed E-state index contributed by atoms with van der Waals surface area (Å²) in [6.07, 6.45) is 8.52. The number of allylic oxidation sites excluding steroid dienone is 4. The van der Waals surface area contributed by atoms with Crippen LogP contribution >= 0.6 is 0 Å². The molecule has 0 saturated carbocycles. The Morgan fingerprint density at radius 3 is 3.25 bits per heavy atom. The summed E-state index contributed by atoms with van der Waals surface area (Å²) in [5.74, 6) is 0.690. The predicted molar refractivity (Wildman–Crippen MR) is 43.8 cm³/mol. The lowest BCUT2D eigenvalue weighted by Crippen LogP contribution is -2.08. The van der Waals surface area contributed by atoms with E-state index in [1.165, 1.54) is 12.3 Å². The van der Waals surface area contributed by atoms with Gasteiger partial charge in [-0.2, -0.15) is 0 Å². The lowest BCUT2D eigenvalue weighted by atomic mass is 10.00. The molecule has 1 heterocycles. The first-order valence-corrected chi connectivity index (χ1v) is 3.91. The molecule has 2 rings (SSSR count). The number of carbonyl (C=O) groups excluding carboxylic acids is 1. The van der Waals surface area contributed by atoms with Gasteiger partial charge in [0.15, 0.2) is 11.5 Å². The van der Waals surface area contributed by atoms with Gasteiger partial charge in [0.25, 0.3) is 0 Å². The number of ketones is 1. The van der Waals surface area contributed by atoms with Gasteiger partial charge in [0.05, 0.1) is 0 Å². The molecule has 1 aliphatic heterocycles. The van der Waals surface area contributed by atoms with Crippen LogP contribution in [0.3, 0.4) is 0 Å². The second-order valence-corrected chi connectivity index (χ2v) is 2.70. The molecule has 0 bridgehead atoms. The average molecular weight is 163 g/mol. The van der Waals surface area contributed by atoms with Crippen molar-refractivity contribution in [3.63, 3.8) is 0 Å². The minimum absolute atomic E-state index is 0.0411. The maximum absolute atomic E-state index is 11.3. The average Bonchev–Trinajstić information content (AvgIpc) is 2.29. The van der Waals surface area contributed by atoms with Gasteiger partial charge in [-0.05, 0) is 18.9 Å². The van der Waals surface area contributed by atoms with Gasteiger partial charge < -0.3 is 4.84 Å². The molecule has 0 aromatic rings. The zero-order valence-electron chi connectivity index (χ0n) is 6.54. The number of carbonyl (C=O) groups is 1. The van der Waals surface area contributed by atoms with Crippen molar-refractivity contribution in [2.45, 2.75) is 12.8 Å². The van der Waals surface area contributed by atoms with Crippen LogP contribution in [0, 0.1) is 0 Å². The third-order valence-electron chi connectivity index (χ3n) is 1.90. The van der Waals surface area contributed by atoms with E-state index in [0.29, 0.717) is 5.76 Å². The van der Waals surface area contributed by atoms with Crippen LogP contribution in [-0.2, 0) is 9.63 Å². The third kappa shape index (κ3) is 1.13. The largest absolute Gasteiger partial charge is 0.382 e. The van der Waals surface area contributed by atoms with E-state index in [-0.39, 0.29) is 5.78 Å². The van der Waals surface area contributed by atoms with Crippen LogP contribution < -0.4 is 5.48 Å². The van der Waals surface area contributed by atoms with Crippen molar-refractivity contribution in [2.75, 3.05) is 0 Å². The van der Waals surface area contributed by atoms with Crippen LogP contribution in [0.5, 0.6) is 0 Å². The SMILES string of the molecule is O=C1C=CNOC2=C1CCC=C2. The van der Waals surface area contributed by atoms with Crippen LogP contribution in [0.4, 0.5) is 0 Å². The van der Waals surface area contributed by atoms with Crippen molar-refractivity contribution < 1.29 is 9.63 Å². The van der Waals surface area contributed by atoms with E-state index < -0.39 is 0 Å². The van der Waals surface area contributed by atoms with Crippen molar-refractivity contribution in [3.05, 3.63) is 35.8 Å². The first kappa shape index (κ1) is 7.16. The Morgan fingerprint density at radius 2 is 2.33 bits per heavy atom. The summed E-state index contributed by atoms with van der Waals surface area (Å²) in [4.78, 5) is 16.5. The summed E-state index contributed by atoms with van der Waals surface area (Å²) in [6.45, 7) is 0. The smallest absolute Gasteiger partial charge is 0.187 e. The Hall–Kier alpha value is -1.51. The molecule has 1 N–H and O–H groups in total. The fraction of sp³-hybridized carbons (Fsp3) is 0.222. The quantitative estimate of drug-likeness (QED) is 0.583. The van der Waals surface area contributed by atoms with E-state index in [2.05, 4.69) is 5.48 Å². The molecule has 3 nitrogen and oxygen atoms in total. The Kier molecular flexibility index (Phi) is 1.70. The van der Waals surface area contributed by atoms with Crippen LogP contribution in [0.1, 0.15) is 12.8 Å². The molecule has 1 aliphatic carbocycles. The molecule has 0 fully saturated rings. The second kappa shape index (κ2) is 2.85. The van der Waals surface area contributed by atoms with E-state index >= 15 is 0 Å². The Morgan fingerprint density at radius 1 is 1.42 bits per heavy atom. The van der Waals surface area contributed by atoms with Crippen LogP contribution in [-0.4, -0.2) is 5.78 Å². The molecule has 0 amide bonds. The maximum Gasteiger partial charge on any atom is 0.187 e. The molecule has 0 unspecified atom stereocenters. The molecule has 12 heavy (non-hydrogen) atoms. The minimum Gasteiger partial charge on any atom is -0.382 e. The topological polar surface area (TPSA) is 38.3 Å². The molecule has 0 aromatic heterocycles. The second-order valence-electron chi connectivity index (χ2n) is 2.70. The number of rotatable bonds is 0. The van der Waals surface area contributed by atoms with E-state index in [1.807, 2.05) is 12.2 Å². The Labute approximate surface area is 70.4 Å². The highest BCUT2D eigenvalue weighted by molar-refractivity contribution is 6.04. The van der Waals surface area contributed by atoms with E-state index in [4.69, 9.17) is 4.84 Å². The van der Waals surface area contributed by atoms with Gasteiger partial charge in [-0.15, -0.1) is 0 Å². The molecule has 0 atom stereocenters. The van der Waals surface area contributed by atoms with Crippen LogP contribution in [0.2, 0.25) is 0 Å². The van der Waals surface area contributed by atoms with Gasteiger partial charge in [0.2, 0.25) is 0 Å². The monoisotopic (exact) mass is 163 g/mol. The van der Waals surface area contributed by atoms with Gasteiger partial charge in [-0.25, -0.2) is 5.48 Å². The Balaban J connectivity index is 2.38. The van der Waals surface area contributed by atoms with Crippen molar-refractivity contribution >= 4 is 5.78 Å². The van der Waals surface area contributed by atoms with E-state index in [1.54, 1.807) is 0 Å². The lowest BCUT2D eigenvalue weighted by Gasteiger charge is -2.10. The van der Waals surface area contributed by atoms with Crippen molar-refractivity contribution in [1.82, 2.24) is 5.48 Å². The normalized spacial score (nSPS) is 21.2. The first-order chi connectivity index (χ1) is 5.88. The first-order valence-electron chi connectivity index (χ1n) is 3.91. The number of nitrogens with one attached hydrogen (secondary N) is 1. The molecular weight excluding hydrogens is 154 g/mol. The summed E-state index contributed by atoms with van der Waals surface area (Å²) in [7, 11) is 0. The summed E-state index contributed by atoms with van der Waals surface area (Å²) in [5.41, 5.74) is 3.33. The van der Waals surface area contributed by atoms with Gasteiger partial charge in [0.1, 0.15) is 0 Å². The minimum atomic E-state index is 0.0411. The number of hydrogen-bond donors (Lipinski definition) is 1. The number of hydroxylamine groups is 1. The fourth-order valence-electron chi connectivity index (χ4n) is 1.29. The molecule has 3 heteroatoms. The molecule has 62 valence electrons. The third-order valence-corrected chi connectivity index (χ3v) is 1.90. The molecule has 0 radical (unpaired) electrons. The van der Waals surface area contributed by atoms with Gasteiger partial charge in [-0.3, -0.25) is 4.79 Å². The number of hydrogen-bond acceptors (Lipinski definition) is 3. The van der Waals surface area contributed by atoms with Gasteiger partial charge in [0, 0.05) is 17.8 Å². The van der Waals surface area contributed by atoms with Gasteiger partial charge in [-0.1, -0.05) is 6.08 Å². The summed E-state index contributed by atoms with van der Waals surface area (Å²) < 4.78 is 0. The highest BCUT2D eigenvalue weighted by Gasteiger charge is 2.17.